The van der Waals surface area contributed by atoms with E-state index >= 15 is 0 Å². The van der Waals surface area contributed by atoms with Crippen LogP contribution in [0.25, 0.3) is 0 Å². The standard InChI is InChI=1S/C12H11ClFN3/c13-9-3-1-2-8(12(9)14)6-10(15)11-7-16-4-5-17-11/h1-5,7,10H,6,15H2. The molecule has 3 nitrogen and oxygen atoms in total. The molecule has 0 saturated carbocycles. The number of hydrogen-bond donors (Lipinski definition) is 1. The second-order valence-corrected chi connectivity index (χ2v) is 4.06. The summed E-state index contributed by atoms with van der Waals surface area (Å²) < 4.78 is 13.7. The van der Waals surface area contributed by atoms with Gasteiger partial charge in [-0.2, -0.15) is 0 Å². The van der Waals surface area contributed by atoms with Crippen LogP contribution in [0.1, 0.15) is 17.3 Å². The normalized spacial score (nSPS) is 12.4. The minimum absolute atomic E-state index is 0.105. The van der Waals surface area contributed by atoms with Gasteiger partial charge in [0.05, 0.1) is 16.8 Å². The van der Waals surface area contributed by atoms with Gasteiger partial charge in [0.1, 0.15) is 5.82 Å². The number of benzene rings is 1. The van der Waals surface area contributed by atoms with E-state index < -0.39 is 11.9 Å². The maximum absolute atomic E-state index is 13.7. The summed E-state index contributed by atoms with van der Waals surface area (Å²) in [6, 6.07) is 4.48. The molecule has 0 aliphatic rings. The Balaban J connectivity index is 2.19. The first-order valence-corrected chi connectivity index (χ1v) is 5.50. The molecule has 88 valence electrons. The highest BCUT2D eigenvalue weighted by Crippen LogP contribution is 2.21. The van der Waals surface area contributed by atoms with Crippen molar-refractivity contribution in [2.45, 2.75) is 12.5 Å². The molecule has 0 aliphatic heterocycles. The number of nitrogens with two attached hydrogens (primary N) is 1. The van der Waals surface area contributed by atoms with Crippen molar-refractivity contribution in [1.82, 2.24) is 9.97 Å². The minimum atomic E-state index is -0.423. The van der Waals surface area contributed by atoms with E-state index in [-0.39, 0.29) is 5.02 Å². The van der Waals surface area contributed by atoms with Crippen molar-refractivity contribution in [3.63, 3.8) is 0 Å². The van der Waals surface area contributed by atoms with Crippen LogP contribution >= 0.6 is 11.6 Å². The Morgan fingerprint density at radius 3 is 2.88 bits per heavy atom. The predicted molar refractivity (Wildman–Crippen MR) is 64.1 cm³/mol. The molecule has 2 rings (SSSR count). The summed E-state index contributed by atoms with van der Waals surface area (Å²) in [7, 11) is 0. The molecule has 1 heterocycles. The lowest BCUT2D eigenvalue weighted by Crippen LogP contribution is -2.15. The monoisotopic (exact) mass is 251 g/mol. The van der Waals surface area contributed by atoms with Crippen molar-refractivity contribution in [1.29, 1.82) is 0 Å². The van der Waals surface area contributed by atoms with Gasteiger partial charge in [-0.15, -0.1) is 0 Å². The van der Waals surface area contributed by atoms with Crippen LogP contribution in [0.2, 0.25) is 5.02 Å². The lowest BCUT2D eigenvalue weighted by molar-refractivity contribution is 0.589. The SMILES string of the molecule is NC(Cc1cccc(Cl)c1F)c1cnccn1. The predicted octanol–water partition coefficient (Wildman–Crippen LogP) is 2.51. The maximum Gasteiger partial charge on any atom is 0.145 e. The second-order valence-electron chi connectivity index (χ2n) is 3.65. The van der Waals surface area contributed by atoms with Crippen LogP contribution in [0.3, 0.4) is 0 Å². The fourth-order valence-electron chi connectivity index (χ4n) is 1.55. The van der Waals surface area contributed by atoms with Crippen LogP contribution in [0.15, 0.2) is 36.8 Å². The molecule has 0 saturated heterocycles. The van der Waals surface area contributed by atoms with Gasteiger partial charge in [0.2, 0.25) is 0 Å². The molecule has 5 heteroatoms. The maximum atomic E-state index is 13.7. The van der Waals surface area contributed by atoms with Crippen LogP contribution < -0.4 is 5.73 Å². The first-order valence-electron chi connectivity index (χ1n) is 5.13. The van der Waals surface area contributed by atoms with E-state index in [4.69, 9.17) is 17.3 Å². The lowest BCUT2D eigenvalue weighted by Gasteiger charge is -2.11. The summed E-state index contributed by atoms with van der Waals surface area (Å²) >= 11 is 5.70. The molecule has 0 aliphatic carbocycles. The molecule has 1 aromatic heterocycles. The van der Waals surface area contributed by atoms with E-state index in [0.717, 1.165) is 0 Å². The average Bonchev–Trinajstić information content (AvgIpc) is 2.36. The highest BCUT2D eigenvalue weighted by Gasteiger charge is 2.13. The van der Waals surface area contributed by atoms with Crippen LogP contribution in [0, 0.1) is 5.82 Å². The van der Waals surface area contributed by atoms with Crippen LogP contribution in [-0.4, -0.2) is 9.97 Å². The van der Waals surface area contributed by atoms with Crippen LogP contribution in [0.5, 0.6) is 0 Å². The van der Waals surface area contributed by atoms with Crippen molar-refractivity contribution in [2.24, 2.45) is 5.73 Å². The second kappa shape index (κ2) is 5.21. The molecule has 1 unspecified atom stereocenters. The Hall–Kier alpha value is -1.52. The van der Waals surface area contributed by atoms with Crippen molar-refractivity contribution in [3.8, 4) is 0 Å². The van der Waals surface area contributed by atoms with Gasteiger partial charge >= 0.3 is 0 Å². The number of halogens is 2. The summed E-state index contributed by atoms with van der Waals surface area (Å²) in [4.78, 5) is 8.01. The third-order valence-corrected chi connectivity index (χ3v) is 2.73. The molecule has 0 amide bonds. The summed E-state index contributed by atoms with van der Waals surface area (Å²) in [5.74, 6) is -0.423. The molecular formula is C12H11ClFN3. The molecule has 0 bridgehead atoms. The molecule has 1 atom stereocenters. The van der Waals surface area contributed by atoms with Gasteiger partial charge < -0.3 is 5.73 Å². The van der Waals surface area contributed by atoms with Crippen molar-refractivity contribution in [2.75, 3.05) is 0 Å². The van der Waals surface area contributed by atoms with Crippen molar-refractivity contribution >= 4 is 11.6 Å². The highest BCUT2D eigenvalue weighted by molar-refractivity contribution is 6.30. The molecule has 2 aromatic rings. The quantitative estimate of drug-likeness (QED) is 0.912. The van der Waals surface area contributed by atoms with E-state index in [0.29, 0.717) is 17.7 Å². The third kappa shape index (κ3) is 2.78. The Kier molecular flexibility index (Phi) is 3.66. The van der Waals surface area contributed by atoms with E-state index in [9.17, 15) is 4.39 Å². The number of aromatic nitrogens is 2. The summed E-state index contributed by atoms with van der Waals surface area (Å²) in [6.07, 6.45) is 5.04. The topological polar surface area (TPSA) is 51.8 Å². The molecule has 2 N–H and O–H groups in total. The van der Waals surface area contributed by atoms with Crippen LogP contribution in [-0.2, 0) is 6.42 Å². The first kappa shape index (κ1) is 12.0. The molecular weight excluding hydrogens is 241 g/mol. The van der Waals surface area contributed by atoms with Gasteiger partial charge in [0, 0.05) is 18.6 Å². The van der Waals surface area contributed by atoms with Crippen molar-refractivity contribution in [3.05, 3.63) is 58.9 Å². The smallest absolute Gasteiger partial charge is 0.145 e. The van der Waals surface area contributed by atoms with Crippen molar-refractivity contribution < 1.29 is 4.39 Å². The summed E-state index contributed by atoms with van der Waals surface area (Å²) in [5.41, 5.74) is 7.05. The van der Waals surface area contributed by atoms with E-state index in [2.05, 4.69) is 9.97 Å². The fourth-order valence-corrected chi connectivity index (χ4v) is 1.74. The Labute approximate surface area is 103 Å². The lowest BCUT2D eigenvalue weighted by atomic mass is 10.0. The number of hydrogen-bond acceptors (Lipinski definition) is 3. The zero-order chi connectivity index (χ0) is 12.3. The highest BCUT2D eigenvalue weighted by atomic mass is 35.5. The Morgan fingerprint density at radius 2 is 2.18 bits per heavy atom. The van der Waals surface area contributed by atoms with Gasteiger partial charge in [0.15, 0.2) is 0 Å². The zero-order valence-electron chi connectivity index (χ0n) is 8.98. The molecule has 17 heavy (non-hydrogen) atoms. The summed E-state index contributed by atoms with van der Waals surface area (Å²) in [5, 5.41) is 0.105. The third-order valence-electron chi connectivity index (χ3n) is 2.43. The number of nitrogens with zero attached hydrogens (tertiary/aromatic N) is 2. The van der Waals surface area contributed by atoms with Gasteiger partial charge in [0.25, 0.3) is 0 Å². The average molecular weight is 252 g/mol. The van der Waals surface area contributed by atoms with Gasteiger partial charge in [-0.25, -0.2) is 4.39 Å². The Morgan fingerprint density at radius 1 is 1.35 bits per heavy atom. The molecule has 1 aromatic carbocycles. The van der Waals surface area contributed by atoms with E-state index in [1.165, 1.54) is 6.07 Å². The molecule has 0 radical (unpaired) electrons. The van der Waals surface area contributed by atoms with Gasteiger partial charge in [-0.1, -0.05) is 23.7 Å². The van der Waals surface area contributed by atoms with E-state index in [1.807, 2.05) is 0 Å². The summed E-state index contributed by atoms with van der Waals surface area (Å²) in [6.45, 7) is 0. The zero-order valence-corrected chi connectivity index (χ0v) is 9.73. The van der Waals surface area contributed by atoms with E-state index in [1.54, 1.807) is 30.7 Å². The molecule has 0 fully saturated rings. The molecule has 0 spiro atoms. The van der Waals surface area contributed by atoms with Crippen LogP contribution in [0.4, 0.5) is 4.39 Å². The largest absolute Gasteiger partial charge is 0.322 e. The van der Waals surface area contributed by atoms with Gasteiger partial charge in [-0.05, 0) is 18.1 Å². The minimum Gasteiger partial charge on any atom is -0.322 e. The van der Waals surface area contributed by atoms with Gasteiger partial charge in [-0.3, -0.25) is 9.97 Å². The Bertz CT molecular complexity index is 504. The first-order chi connectivity index (χ1) is 8.18. The number of rotatable bonds is 3. The fraction of sp³-hybridized carbons (Fsp3) is 0.167.